The molecule has 0 radical (unpaired) electrons. The van der Waals surface area contributed by atoms with Gasteiger partial charge in [0, 0.05) is 17.0 Å². The lowest BCUT2D eigenvalue weighted by Gasteiger charge is -2.42. The molecule has 0 atom stereocenters. The summed E-state index contributed by atoms with van der Waals surface area (Å²) in [5, 5.41) is 14.5. The fraction of sp³-hybridized carbons (Fsp3) is 0.571. The van der Waals surface area contributed by atoms with Crippen molar-refractivity contribution in [2.24, 2.45) is 0 Å². The molecule has 1 aliphatic carbocycles. The van der Waals surface area contributed by atoms with Crippen molar-refractivity contribution in [3.8, 4) is 0 Å². The number of likely N-dealkylation sites (N-methyl/N-ethyl adjacent to an activating group) is 1. The second-order valence-electron chi connectivity index (χ2n) is 5.31. The van der Waals surface area contributed by atoms with Crippen LogP contribution < -0.4 is 10.6 Å². The van der Waals surface area contributed by atoms with Crippen LogP contribution in [0.2, 0.25) is 4.34 Å². The van der Waals surface area contributed by atoms with E-state index in [-0.39, 0.29) is 24.7 Å². The number of nitrogens with zero attached hydrogens (tertiary/aromatic N) is 1. The number of hydrogen-bond acceptors (Lipinski definition) is 4. The number of carboxylic acids is 1. The van der Waals surface area contributed by atoms with Crippen LogP contribution in [0.1, 0.15) is 24.6 Å². The summed E-state index contributed by atoms with van der Waals surface area (Å²) in [4.78, 5) is 25.5. The van der Waals surface area contributed by atoms with E-state index in [1.54, 1.807) is 6.07 Å². The topological polar surface area (TPSA) is 81.7 Å². The van der Waals surface area contributed by atoms with E-state index in [0.29, 0.717) is 17.4 Å². The number of aliphatic carboxylic acids is 1. The molecule has 1 saturated carbocycles. The first-order valence-corrected chi connectivity index (χ1v) is 8.41. The van der Waals surface area contributed by atoms with Gasteiger partial charge in [0.25, 0.3) is 0 Å². The highest BCUT2D eigenvalue weighted by Crippen LogP contribution is 2.25. The summed E-state index contributed by atoms with van der Waals surface area (Å²) in [7, 11) is 0. The maximum Gasteiger partial charge on any atom is 0.317 e. The first-order valence-electron chi connectivity index (χ1n) is 7.22. The van der Waals surface area contributed by atoms with E-state index in [9.17, 15) is 9.59 Å². The lowest BCUT2D eigenvalue weighted by atomic mass is 9.85. The van der Waals surface area contributed by atoms with Gasteiger partial charge in [-0.1, -0.05) is 18.5 Å². The molecule has 8 heteroatoms. The molecule has 122 valence electrons. The van der Waals surface area contributed by atoms with Crippen molar-refractivity contribution in [2.45, 2.75) is 38.4 Å². The van der Waals surface area contributed by atoms with Crippen molar-refractivity contribution in [3.63, 3.8) is 0 Å². The first-order chi connectivity index (χ1) is 10.5. The van der Waals surface area contributed by atoms with Crippen LogP contribution in [-0.2, 0) is 11.3 Å². The van der Waals surface area contributed by atoms with Crippen molar-refractivity contribution in [2.75, 3.05) is 13.1 Å². The lowest BCUT2D eigenvalue weighted by molar-refractivity contribution is -0.139. The Kier molecular flexibility index (Phi) is 6.05. The number of thiophene rings is 1. The molecule has 2 amide bonds. The average molecular weight is 346 g/mol. The number of carbonyl (C=O) groups excluding carboxylic acids is 1. The highest BCUT2D eigenvalue weighted by molar-refractivity contribution is 7.16. The van der Waals surface area contributed by atoms with Crippen LogP contribution in [0.25, 0.3) is 0 Å². The summed E-state index contributed by atoms with van der Waals surface area (Å²) >= 11 is 7.27. The number of carboxylic acid groups (broad SMARTS) is 1. The van der Waals surface area contributed by atoms with Gasteiger partial charge in [-0.25, -0.2) is 4.79 Å². The van der Waals surface area contributed by atoms with Gasteiger partial charge in [-0.15, -0.1) is 11.3 Å². The Labute approximate surface area is 138 Å². The minimum Gasteiger partial charge on any atom is -0.480 e. The third kappa shape index (κ3) is 4.86. The van der Waals surface area contributed by atoms with Gasteiger partial charge in [0.05, 0.1) is 17.4 Å². The Morgan fingerprint density at radius 3 is 2.73 bits per heavy atom. The SMILES string of the molecule is CCN(CC(=O)O)C1CC(NC(=O)NCc2ccc(Cl)s2)C1. The standard InChI is InChI=1S/C14H20ClN3O3S/c1-2-18(8-13(19)20)10-5-9(6-10)17-14(21)16-7-11-3-4-12(15)22-11/h3-4,9-10H,2,5-8H2,1H3,(H,19,20)(H2,16,17,21). The van der Waals surface area contributed by atoms with Gasteiger partial charge in [0.2, 0.25) is 0 Å². The van der Waals surface area contributed by atoms with E-state index in [1.165, 1.54) is 11.3 Å². The van der Waals surface area contributed by atoms with Crippen LogP contribution in [0, 0.1) is 0 Å². The summed E-state index contributed by atoms with van der Waals surface area (Å²) in [5.41, 5.74) is 0. The van der Waals surface area contributed by atoms with Gasteiger partial charge < -0.3 is 15.7 Å². The number of carbonyl (C=O) groups is 2. The number of halogens is 1. The molecule has 1 aromatic heterocycles. The second-order valence-corrected chi connectivity index (χ2v) is 7.11. The number of rotatable bonds is 7. The van der Waals surface area contributed by atoms with Crippen LogP contribution >= 0.6 is 22.9 Å². The van der Waals surface area contributed by atoms with E-state index in [1.807, 2.05) is 17.9 Å². The van der Waals surface area contributed by atoms with Gasteiger partial charge >= 0.3 is 12.0 Å². The molecule has 0 aromatic carbocycles. The summed E-state index contributed by atoms with van der Waals surface area (Å²) in [6.45, 7) is 3.16. The summed E-state index contributed by atoms with van der Waals surface area (Å²) in [6, 6.07) is 3.84. The van der Waals surface area contributed by atoms with Gasteiger partial charge in [-0.05, 0) is 31.5 Å². The molecule has 0 unspecified atom stereocenters. The highest BCUT2D eigenvalue weighted by Gasteiger charge is 2.34. The summed E-state index contributed by atoms with van der Waals surface area (Å²) in [6.07, 6.45) is 1.58. The zero-order valence-electron chi connectivity index (χ0n) is 12.3. The number of urea groups is 1. The maximum absolute atomic E-state index is 11.8. The fourth-order valence-corrected chi connectivity index (χ4v) is 3.55. The summed E-state index contributed by atoms with van der Waals surface area (Å²) in [5.74, 6) is -0.814. The van der Waals surface area contributed by atoms with Crippen molar-refractivity contribution in [3.05, 3.63) is 21.3 Å². The highest BCUT2D eigenvalue weighted by atomic mass is 35.5. The van der Waals surface area contributed by atoms with E-state index < -0.39 is 5.97 Å². The van der Waals surface area contributed by atoms with Crippen LogP contribution in [0.3, 0.4) is 0 Å². The van der Waals surface area contributed by atoms with Crippen molar-refractivity contribution in [1.82, 2.24) is 15.5 Å². The van der Waals surface area contributed by atoms with E-state index >= 15 is 0 Å². The molecule has 0 spiro atoms. The lowest BCUT2D eigenvalue weighted by Crippen LogP contribution is -2.56. The Morgan fingerprint density at radius 2 is 2.18 bits per heavy atom. The molecular weight excluding hydrogens is 326 g/mol. The first kappa shape index (κ1) is 17.1. The molecule has 0 aliphatic heterocycles. The van der Waals surface area contributed by atoms with Gasteiger partial charge in [-0.2, -0.15) is 0 Å². The van der Waals surface area contributed by atoms with Crippen LogP contribution in [0.5, 0.6) is 0 Å². The molecule has 2 rings (SSSR count). The molecule has 1 heterocycles. The van der Waals surface area contributed by atoms with Crippen LogP contribution in [-0.4, -0.2) is 47.2 Å². The molecule has 1 aromatic rings. The Balaban J connectivity index is 1.66. The molecule has 6 nitrogen and oxygen atoms in total. The van der Waals surface area contributed by atoms with Crippen molar-refractivity contribution >= 4 is 34.9 Å². The third-order valence-electron chi connectivity index (χ3n) is 3.76. The zero-order chi connectivity index (χ0) is 16.1. The molecule has 1 aliphatic rings. The number of hydrogen-bond donors (Lipinski definition) is 3. The number of amides is 2. The predicted molar refractivity (Wildman–Crippen MR) is 86.4 cm³/mol. The zero-order valence-corrected chi connectivity index (χ0v) is 13.9. The minimum atomic E-state index is -0.814. The smallest absolute Gasteiger partial charge is 0.317 e. The van der Waals surface area contributed by atoms with Crippen molar-refractivity contribution < 1.29 is 14.7 Å². The van der Waals surface area contributed by atoms with Crippen LogP contribution in [0.4, 0.5) is 4.79 Å². The molecule has 0 bridgehead atoms. The monoisotopic (exact) mass is 345 g/mol. The van der Waals surface area contributed by atoms with Gasteiger partial charge in [0.1, 0.15) is 0 Å². The third-order valence-corrected chi connectivity index (χ3v) is 4.99. The molecule has 1 fully saturated rings. The minimum absolute atomic E-state index is 0.0548. The van der Waals surface area contributed by atoms with Crippen molar-refractivity contribution in [1.29, 1.82) is 0 Å². The van der Waals surface area contributed by atoms with Crippen LogP contribution in [0.15, 0.2) is 12.1 Å². The average Bonchev–Trinajstić information content (AvgIpc) is 2.83. The number of nitrogens with one attached hydrogen (secondary N) is 2. The quantitative estimate of drug-likeness (QED) is 0.707. The van der Waals surface area contributed by atoms with E-state index in [4.69, 9.17) is 16.7 Å². The van der Waals surface area contributed by atoms with E-state index in [0.717, 1.165) is 17.7 Å². The maximum atomic E-state index is 11.8. The summed E-state index contributed by atoms with van der Waals surface area (Å²) < 4.78 is 0.706. The Hall–Kier alpha value is -1.31. The molecule has 22 heavy (non-hydrogen) atoms. The second kappa shape index (κ2) is 7.80. The van der Waals surface area contributed by atoms with Gasteiger partial charge in [0.15, 0.2) is 0 Å². The normalized spacial score (nSPS) is 20.5. The molecule has 0 saturated heterocycles. The van der Waals surface area contributed by atoms with E-state index in [2.05, 4.69) is 10.6 Å². The predicted octanol–water partition coefficient (Wildman–Crippen LogP) is 2.14. The van der Waals surface area contributed by atoms with Gasteiger partial charge in [-0.3, -0.25) is 9.69 Å². The fourth-order valence-electron chi connectivity index (χ4n) is 2.53. The Bertz CT molecular complexity index is 531. The molecule has 3 N–H and O–H groups in total. The Morgan fingerprint density at radius 1 is 1.45 bits per heavy atom. The molecular formula is C14H20ClN3O3S. The largest absolute Gasteiger partial charge is 0.480 e.